The van der Waals surface area contributed by atoms with Crippen LogP contribution in [0.2, 0.25) is 0 Å². The molecule has 2 atom stereocenters. The van der Waals surface area contributed by atoms with E-state index in [0.29, 0.717) is 45.7 Å². The lowest BCUT2D eigenvalue weighted by atomic mass is 9.90. The van der Waals surface area contributed by atoms with E-state index >= 15 is 0 Å². The summed E-state index contributed by atoms with van der Waals surface area (Å²) in [6.07, 6.45) is 20.6. The van der Waals surface area contributed by atoms with Gasteiger partial charge in [-0.05, 0) is 82.7 Å². The summed E-state index contributed by atoms with van der Waals surface area (Å²) in [4.78, 5) is 0. The number of phenols is 2. The van der Waals surface area contributed by atoms with Gasteiger partial charge in [-0.1, -0.05) is 171 Å². The van der Waals surface area contributed by atoms with Crippen molar-refractivity contribution in [3.8, 4) is 11.5 Å². The molecule has 0 amide bonds. The molecule has 0 aromatic heterocycles. The molecule has 0 saturated carbocycles. The zero-order chi connectivity index (χ0) is 34.9. The zero-order valence-corrected chi connectivity index (χ0v) is 33.2. The van der Waals surface area contributed by atoms with E-state index in [1.807, 2.05) is 0 Å². The second-order valence-electron chi connectivity index (χ2n) is 15.8. The molecule has 0 bridgehead atoms. The lowest BCUT2D eigenvalue weighted by Gasteiger charge is -2.26. The van der Waals surface area contributed by atoms with Gasteiger partial charge in [-0.2, -0.15) is 11.8 Å². The number of hydrogen-bond acceptors (Lipinski definition) is 3. The topological polar surface area (TPSA) is 40.5 Å². The molecule has 0 aliphatic rings. The van der Waals surface area contributed by atoms with Crippen molar-refractivity contribution in [2.24, 2.45) is 0 Å². The van der Waals surface area contributed by atoms with Crippen molar-refractivity contribution in [1.82, 2.24) is 0 Å². The van der Waals surface area contributed by atoms with Crippen LogP contribution in [0.3, 0.4) is 0 Å². The van der Waals surface area contributed by atoms with Gasteiger partial charge in [0.1, 0.15) is 11.5 Å². The maximum Gasteiger partial charge on any atom is 0.122 e. The van der Waals surface area contributed by atoms with Crippen LogP contribution >= 0.6 is 11.8 Å². The normalized spacial score (nSPS) is 13.4. The van der Waals surface area contributed by atoms with Crippen LogP contribution in [0.25, 0.3) is 0 Å². The zero-order valence-electron chi connectivity index (χ0n) is 32.4. The van der Waals surface area contributed by atoms with Crippen LogP contribution in [0.5, 0.6) is 11.5 Å². The largest absolute Gasteiger partial charge is 0.507 e. The number of thioether (sulfide) groups is 1. The van der Waals surface area contributed by atoms with Gasteiger partial charge in [-0.25, -0.2) is 0 Å². The summed E-state index contributed by atoms with van der Waals surface area (Å²) < 4.78 is 0. The first-order chi connectivity index (χ1) is 22.4. The molecule has 47 heavy (non-hydrogen) atoms. The highest BCUT2D eigenvalue weighted by molar-refractivity contribution is 8.00. The van der Waals surface area contributed by atoms with E-state index in [9.17, 15) is 10.2 Å². The highest BCUT2D eigenvalue weighted by atomic mass is 32.2. The average Bonchev–Trinajstić information content (AvgIpc) is 3.01. The fourth-order valence-corrected chi connectivity index (χ4v) is 8.75. The quantitative estimate of drug-likeness (QED) is 0.110. The summed E-state index contributed by atoms with van der Waals surface area (Å²) in [7, 11) is 0. The minimum atomic E-state index is 0.303. The second kappa shape index (κ2) is 22.2. The van der Waals surface area contributed by atoms with E-state index in [4.69, 9.17) is 0 Å². The first-order valence-corrected chi connectivity index (χ1v) is 20.7. The minimum Gasteiger partial charge on any atom is -0.507 e. The molecule has 2 rings (SSSR count). The molecule has 0 radical (unpaired) electrons. The van der Waals surface area contributed by atoms with Gasteiger partial charge < -0.3 is 10.2 Å². The highest BCUT2D eigenvalue weighted by Gasteiger charge is 2.23. The molecule has 0 aliphatic carbocycles. The van der Waals surface area contributed by atoms with E-state index in [2.05, 4.69) is 105 Å². The third-order valence-corrected chi connectivity index (χ3v) is 11.6. The number of rotatable bonds is 24. The fourth-order valence-electron chi connectivity index (χ4n) is 7.02. The lowest BCUT2D eigenvalue weighted by Crippen LogP contribution is -2.17. The van der Waals surface area contributed by atoms with Crippen LogP contribution in [0, 0.1) is 0 Å². The summed E-state index contributed by atoms with van der Waals surface area (Å²) in [5.41, 5.74) is 7.19. The summed E-state index contributed by atoms with van der Waals surface area (Å²) >= 11 is 2.26. The molecule has 0 saturated heterocycles. The van der Waals surface area contributed by atoms with Gasteiger partial charge in [-0.3, -0.25) is 0 Å². The van der Waals surface area contributed by atoms with Crippen molar-refractivity contribution in [3.63, 3.8) is 0 Å². The Morgan fingerprint density at radius 3 is 1.00 bits per heavy atom. The van der Waals surface area contributed by atoms with Gasteiger partial charge in [0.25, 0.3) is 0 Å². The molecule has 0 heterocycles. The summed E-state index contributed by atoms with van der Waals surface area (Å²) in [6.45, 7) is 22.2. The first kappa shape index (κ1) is 41.6. The third-order valence-electron chi connectivity index (χ3n) is 10.0. The van der Waals surface area contributed by atoms with Gasteiger partial charge >= 0.3 is 0 Å². The number of aromatic hydroxyl groups is 2. The average molecular weight is 667 g/mol. The predicted molar refractivity (Wildman–Crippen MR) is 211 cm³/mol. The van der Waals surface area contributed by atoms with E-state index in [1.54, 1.807) is 0 Å². The molecular formula is C44H74O2S. The molecule has 2 unspecified atom stereocenters. The van der Waals surface area contributed by atoms with Crippen molar-refractivity contribution in [2.45, 2.75) is 206 Å². The van der Waals surface area contributed by atoms with Crippen LogP contribution in [-0.2, 0) is 12.8 Å². The van der Waals surface area contributed by atoms with Crippen molar-refractivity contribution in [3.05, 3.63) is 57.6 Å². The molecule has 2 nitrogen and oxygen atoms in total. The van der Waals surface area contributed by atoms with Crippen LogP contribution in [0.1, 0.15) is 216 Å². The Bertz CT molecular complexity index is 1000. The molecular weight excluding hydrogens is 593 g/mol. The Kier molecular flexibility index (Phi) is 19.6. The smallest absolute Gasteiger partial charge is 0.122 e. The highest BCUT2D eigenvalue weighted by Crippen LogP contribution is 2.39. The molecule has 2 aromatic carbocycles. The number of benzene rings is 2. The van der Waals surface area contributed by atoms with Crippen molar-refractivity contribution in [1.29, 1.82) is 0 Å². The molecule has 2 aromatic rings. The number of hydrogen-bond donors (Lipinski definition) is 2. The molecule has 0 fully saturated rings. The van der Waals surface area contributed by atoms with Crippen molar-refractivity contribution < 1.29 is 10.2 Å². The van der Waals surface area contributed by atoms with Gasteiger partial charge in [0.05, 0.1) is 0 Å². The molecule has 268 valence electrons. The Hall–Kier alpha value is -1.61. The van der Waals surface area contributed by atoms with E-state index in [0.717, 1.165) is 35.1 Å². The van der Waals surface area contributed by atoms with Crippen LogP contribution in [0.15, 0.2) is 24.3 Å². The molecule has 2 N–H and O–H groups in total. The number of phenolic OH excluding ortho intramolecular Hbond substituents is 2. The van der Waals surface area contributed by atoms with Crippen molar-refractivity contribution >= 4 is 11.8 Å². The maximum atomic E-state index is 11.1. The van der Waals surface area contributed by atoms with E-state index in [-0.39, 0.29) is 0 Å². The summed E-state index contributed by atoms with van der Waals surface area (Å²) in [5.74, 6) is 2.23. The Labute approximate surface area is 296 Å². The maximum absolute atomic E-state index is 11.1. The lowest BCUT2D eigenvalue weighted by molar-refractivity contribution is 0.453. The minimum absolute atomic E-state index is 0.303. The molecule has 3 heteroatoms. The van der Waals surface area contributed by atoms with E-state index in [1.165, 1.54) is 101 Å². The van der Waals surface area contributed by atoms with Gasteiger partial charge in [-0.15, -0.1) is 0 Å². The standard InChI is InChI=1S/C44H74O2S/c1-11-13-15-17-19-21-23-37(25-35-27-39(31(3)4)43(45)40(28-35)32(5)6)47-38(24-22-20-18-16-14-12-2)26-36-29-41(33(7)8)44(46)42(30-36)34(9)10/h27-34,37-38,45-46H,11-26H2,1-10H3. The second-order valence-corrected chi connectivity index (χ2v) is 17.4. The van der Waals surface area contributed by atoms with Crippen LogP contribution < -0.4 is 0 Å². The molecule has 0 spiro atoms. The summed E-state index contributed by atoms with van der Waals surface area (Å²) in [5, 5.41) is 23.4. The van der Waals surface area contributed by atoms with Crippen LogP contribution in [0.4, 0.5) is 0 Å². The fraction of sp³-hybridized carbons (Fsp3) is 0.727. The summed E-state index contributed by atoms with van der Waals surface area (Å²) in [6, 6.07) is 9.25. The predicted octanol–water partition coefficient (Wildman–Crippen LogP) is 14.3. The SMILES string of the molecule is CCCCCCCCC(Cc1cc(C(C)C)c(O)c(C(C)C)c1)SC(CCCCCCCC)Cc1cc(C(C)C)c(O)c(C(C)C)c1. The van der Waals surface area contributed by atoms with Gasteiger partial charge in [0.2, 0.25) is 0 Å². The van der Waals surface area contributed by atoms with Gasteiger partial charge in [0.15, 0.2) is 0 Å². The van der Waals surface area contributed by atoms with Crippen LogP contribution in [-0.4, -0.2) is 20.7 Å². The Morgan fingerprint density at radius 1 is 0.447 bits per heavy atom. The Morgan fingerprint density at radius 2 is 0.723 bits per heavy atom. The number of unbranched alkanes of at least 4 members (excludes halogenated alkanes) is 10. The van der Waals surface area contributed by atoms with Crippen molar-refractivity contribution in [2.75, 3.05) is 0 Å². The van der Waals surface area contributed by atoms with Gasteiger partial charge in [0, 0.05) is 10.5 Å². The molecule has 0 aliphatic heterocycles. The first-order valence-electron chi connectivity index (χ1n) is 19.8. The Balaban J connectivity index is 2.42. The van der Waals surface area contributed by atoms with E-state index < -0.39 is 0 Å². The third kappa shape index (κ3) is 14.4. The monoisotopic (exact) mass is 667 g/mol.